The highest BCUT2D eigenvalue weighted by molar-refractivity contribution is 4.79. The minimum atomic E-state index is -0.988. The van der Waals surface area contributed by atoms with Gasteiger partial charge in [0.1, 0.15) is 0 Å². The van der Waals surface area contributed by atoms with Crippen molar-refractivity contribution in [2.24, 2.45) is 0 Å². The van der Waals surface area contributed by atoms with Crippen LogP contribution >= 0.6 is 0 Å². The molecular formula is C11H24N2O2. The first-order valence-electron chi connectivity index (χ1n) is 5.79. The fourth-order valence-corrected chi connectivity index (χ4v) is 1.86. The van der Waals surface area contributed by atoms with Gasteiger partial charge in [-0.1, -0.05) is 0 Å². The van der Waals surface area contributed by atoms with Crippen molar-refractivity contribution in [2.45, 2.75) is 37.8 Å². The standard InChI is InChI=1S/C11H24N2O2/c1-11(15,9-14)8-12-10-4-3-6-13(2)7-5-10/h10,12,14-15H,3-9H2,1-2H3. The van der Waals surface area contributed by atoms with Crippen molar-refractivity contribution in [3.05, 3.63) is 0 Å². The molecule has 3 N–H and O–H groups in total. The lowest BCUT2D eigenvalue weighted by molar-refractivity contribution is 0.000438. The van der Waals surface area contributed by atoms with E-state index in [1.807, 2.05) is 0 Å². The second-order valence-corrected chi connectivity index (χ2v) is 4.97. The number of nitrogens with zero attached hydrogens (tertiary/aromatic N) is 1. The Morgan fingerprint density at radius 2 is 2.13 bits per heavy atom. The highest BCUT2D eigenvalue weighted by Gasteiger charge is 2.21. The van der Waals surface area contributed by atoms with Crippen molar-refractivity contribution >= 4 is 0 Å². The molecule has 4 heteroatoms. The van der Waals surface area contributed by atoms with E-state index in [0.29, 0.717) is 12.6 Å². The Hall–Kier alpha value is -0.160. The largest absolute Gasteiger partial charge is 0.393 e. The fraction of sp³-hybridized carbons (Fsp3) is 1.00. The van der Waals surface area contributed by atoms with E-state index in [2.05, 4.69) is 17.3 Å². The van der Waals surface area contributed by atoms with Crippen molar-refractivity contribution in [1.82, 2.24) is 10.2 Å². The van der Waals surface area contributed by atoms with E-state index in [4.69, 9.17) is 5.11 Å². The van der Waals surface area contributed by atoms with Crippen LogP contribution in [0.4, 0.5) is 0 Å². The molecule has 1 rings (SSSR count). The first-order chi connectivity index (χ1) is 7.03. The topological polar surface area (TPSA) is 55.7 Å². The van der Waals surface area contributed by atoms with Gasteiger partial charge in [0.2, 0.25) is 0 Å². The smallest absolute Gasteiger partial charge is 0.0972 e. The Morgan fingerprint density at radius 3 is 2.80 bits per heavy atom. The molecule has 2 atom stereocenters. The highest BCUT2D eigenvalue weighted by atomic mass is 16.3. The normalized spacial score (nSPS) is 28.4. The van der Waals surface area contributed by atoms with Crippen LogP contribution in [0.25, 0.3) is 0 Å². The van der Waals surface area contributed by atoms with Crippen LogP contribution in [0.1, 0.15) is 26.2 Å². The summed E-state index contributed by atoms with van der Waals surface area (Å²) in [5.41, 5.74) is -0.988. The predicted molar refractivity (Wildman–Crippen MR) is 60.8 cm³/mol. The summed E-state index contributed by atoms with van der Waals surface area (Å²) >= 11 is 0. The summed E-state index contributed by atoms with van der Waals surface area (Å²) < 4.78 is 0. The monoisotopic (exact) mass is 216 g/mol. The maximum atomic E-state index is 9.65. The third-order valence-corrected chi connectivity index (χ3v) is 3.06. The van der Waals surface area contributed by atoms with E-state index < -0.39 is 5.60 Å². The molecule has 0 spiro atoms. The fourth-order valence-electron chi connectivity index (χ4n) is 1.86. The molecule has 1 aliphatic rings. The summed E-state index contributed by atoms with van der Waals surface area (Å²) in [6.45, 7) is 4.21. The van der Waals surface area contributed by atoms with Gasteiger partial charge in [0.15, 0.2) is 0 Å². The maximum absolute atomic E-state index is 9.65. The summed E-state index contributed by atoms with van der Waals surface area (Å²) in [5.74, 6) is 0. The SMILES string of the molecule is CN1CCCC(NCC(C)(O)CO)CC1. The van der Waals surface area contributed by atoms with Crippen LogP contribution in [0.15, 0.2) is 0 Å². The molecule has 0 aromatic heterocycles. The number of aliphatic hydroxyl groups excluding tert-OH is 1. The molecule has 1 heterocycles. The quantitative estimate of drug-likeness (QED) is 0.609. The van der Waals surface area contributed by atoms with Gasteiger partial charge in [-0.3, -0.25) is 0 Å². The van der Waals surface area contributed by atoms with Gasteiger partial charge in [-0.15, -0.1) is 0 Å². The van der Waals surface area contributed by atoms with Crippen molar-refractivity contribution in [1.29, 1.82) is 0 Å². The lowest BCUT2D eigenvalue weighted by atomic mass is 10.1. The molecule has 4 nitrogen and oxygen atoms in total. The van der Waals surface area contributed by atoms with Crippen molar-refractivity contribution < 1.29 is 10.2 Å². The first-order valence-corrected chi connectivity index (χ1v) is 5.79. The molecule has 90 valence electrons. The van der Waals surface area contributed by atoms with E-state index in [9.17, 15) is 5.11 Å². The van der Waals surface area contributed by atoms with Crippen LogP contribution in [0.2, 0.25) is 0 Å². The van der Waals surface area contributed by atoms with Crippen molar-refractivity contribution in [3.63, 3.8) is 0 Å². The second-order valence-electron chi connectivity index (χ2n) is 4.97. The summed E-state index contributed by atoms with van der Waals surface area (Å²) in [5, 5.41) is 21.9. The second kappa shape index (κ2) is 5.80. The van der Waals surface area contributed by atoms with Crippen LogP contribution in [-0.4, -0.2) is 60.0 Å². The van der Waals surface area contributed by atoms with Crippen LogP contribution in [0, 0.1) is 0 Å². The molecule has 0 aromatic carbocycles. The number of hydrogen-bond acceptors (Lipinski definition) is 4. The van der Waals surface area contributed by atoms with Gasteiger partial charge in [0, 0.05) is 12.6 Å². The van der Waals surface area contributed by atoms with Gasteiger partial charge in [-0.05, 0) is 46.3 Å². The molecule has 0 aromatic rings. The zero-order chi connectivity index (χ0) is 11.3. The van der Waals surface area contributed by atoms with E-state index in [0.717, 1.165) is 25.9 Å². The molecular weight excluding hydrogens is 192 g/mol. The highest BCUT2D eigenvalue weighted by Crippen LogP contribution is 2.10. The summed E-state index contributed by atoms with van der Waals surface area (Å²) in [6, 6.07) is 0.480. The van der Waals surface area contributed by atoms with E-state index in [1.165, 1.54) is 6.42 Å². The molecule has 0 aliphatic carbocycles. The zero-order valence-corrected chi connectivity index (χ0v) is 9.87. The molecule has 0 saturated carbocycles. The van der Waals surface area contributed by atoms with E-state index in [1.54, 1.807) is 6.92 Å². The van der Waals surface area contributed by atoms with E-state index >= 15 is 0 Å². The third-order valence-electron chi connectivity index (χ3n) is 3.06. The molecule has 15 heavy (non-hydrogen) atoms. The molecule has 1 aliphatic heterocycles. The van der Waals surface area contributed by atoms with Gasteiger partial charge in [0.05, 0.1) is 12.2 Å². The minimum Gasteiger partial charge on any atom is -0.393 e. The van der Waals surface area contributed by atoms with Crippen molar-refractivity contribution in [2.75, 3.05) is 33.3 Å². The molecule has 2 unspecified atom stereocenters. The van der Waals surface area contributed by atoms with Gasteiger partial charge < -0.3 is 20.4 Å². The van der Waals surface area contributed by atoms with Gasteiger partial charge >= 0.3 is 0 Å². The maximum Gasteiger partial charge on any atom is 0.0972 e. The minimum absolute atomic E-state index is 0.188. The number of likely N-dealkylation sites (tertiary alicyclic amines) is 1. The Morgan fingerprint density at radius 1 is 1.40 bits per heavy atom. The number of nitrogens with one attached hydrogen (secondary N) is 1. The lowest BCUT2D eigenvalue weighted by Crippen LogP contribution is -2.45. The van der Waals surface area contributed by atoms with Crippen LogP contribution < -0.4 is 5.32 Å². The van der Waals surface area contributed by atoms with Crippen LogP contribution in [-0.2, 0) is 0 Å². The van der Waals surface area contributed by atoms with Gasteiger partial charge in [-0.25, -0.2) is 0 Å². The number of rotatable bonds is 4. The molecule has 0 radical (unpaired) electrons. The molecule has 1 fully saturated rings. The van der Waals surface area contributed by atoms with Gasteiger partial charge in [-0.2, -0.15) is 0 Å². The first kappa shape index (κ1) is 12.9. The lowest BCUT2D eigenvalue weighted by Gasteiger charge is -2.25. The van der Waals surface area contributed by atoms with E-state index in [-0.39, 0.29) is 6.61 Å². The van der Waals surface area contributed by atoms with Crippen LogP contribution in [0.3, 0.4) is 0 Å². The predicted octanol–water partition coefficient (Wildman–Crippen LogP) is -0.196. The summed E-state index contributed by atoms with van der Waals surface area (Å²) in [7, 11) is 2.15. The number of aliphatic hydroxyl groups is 2. The van der Waals surface area contributed by atoms with Crippen LogP contribution in [0.5, 0.6) is 0 Å². The third kappa shape index (κ3) is 4.93. The summed E-state index contributed by atoms with van der Waals surface area (Å²) in [6.07, 6.45) is 3.49. The molecule has 0 bridgehead atoms. The summed E-state index contributed by atoms with van der Waals surface area (Å²) in [4.78, 5) is 2.34. The Bertz CT molecular complexity index is 185. The van der Waals surface area contributed by atoms with Gasteiger partial charge in [0.25, 0.3) is 0 Å². The Labute approximate surface area is 92.3 Å². The average molecular weight is 216 g/mol. The molecule has 1 saturated heterocycles. The number of hydrogen-bond donors (Lipinski definition) is 3. The average Bonchev–Trinajstić information content (AvgIpc) is 2.40. The zero-order valence-electron chi connectivity index (χ0n) is 9.87. The van der Waals surface area contributed by atoms with Crippen molar-refractivity contribution in [3.8, 4) is 0 Å². The molecule has 0 amide bonds. The Balaban J connectivity index is 2.26. The Kier molecular flexibility index (Phi) is 4.99.